The minimum Gasteiger partial charge on any atom is -0.326 e. The third kappa shape index (κ3) is 5.70. The van der Waals surface area contributed by atoms with E-state index in [4.69, 9.17) is 23.2 Å². The first-order chi connectivity index (χ1) is 13.0. The zero-order valence-electron chi connectivity index (χ0n) is 14.8. The number of benzene rings is 2. The van der Waals surface area contributed by atoms with Crippen molar-refractivity contribution in [2.24, 2.45) is 5.92 Å². The molecule has 0 aromatic heterocycles. The highest BCUT2D eigenvalue weighted by molar-refractivity contribution is 6.35. The van der Waals surface area contributed by atoms with Crippen molar-refractivity contribution in [2.75, 3.05) is 30.3 Å². The van der Waals surface area contributed by atoms with E-state index < -0.39 is 0 Å². The molecular formula is C20H21Cl2N3O2. The molecule has 5 nitrogen and oxygen atoms in total. The van der Waals surface area contributed by atoms with Gasteiger partial charge in [0.1, 0.15) is 0 Å². The van der Waals surface area contributed by atoms with Crippen molar-refractivity contribution < 1.29 is 9.59 Å². The fraction of sp³-hybridized carbons (Fsp3) is 0.300. The van der Waals surface area contributed by atoms with E-state index in [1.54, 1.807) is 18.2 Å². The molecule has 2 aromatic carbocycles. The van der Waals surface area contributed by atoms with E-state index in [9.17, 15) is 9.59 Å². The summed E-state index contributed by atoms with van der Waals surface area (Å²) in [5.74, 6) is -0.325. The maximum atomic E-state index is 12.5. The van der Waals surface area contributed by atoms with Crippen LogP contribution in [0.4, 0.5) is 11.4 Å². The van der Waals surface area contributed by atoms with Gasteiger partial charge < -0.3 is 10.6 Å². The van der Waals surface area contributed by atoms with Crippen LogP contribution in [0.1, 0.15) is 12.8 Å². The fourth-order valence-electron chi connectivity index (χ4n) is 3.17. The Bertz CT molecular complexity index is 814. The van der Waals surface area contributed by atoms with Gasteiger partial charge in [0.05, 0.1) is 23.2 Å². The van der Waals surface area contributed by atoms with Gasteiger partial charge in [-0.2, -0.15) is 0 Å². The van der Waals surface area contributed by atoms with E-state index in [1.165, 1.54) is 0 Å². The standard InChI is InChI=1S/C20H21Cl2N3O2/c21-15-8-9-17(22)18(11-15)24-19(26)13-25-10-4-5-14(12-25)20(27)23-16-6-2-1-3-7-16/h1-3,6-9,11,14H,4-5,10,12-13H2,(H,23,27)(H,24,26)/t14-/m0/s1. The highest BCUT2D eigenvalue weighted by Gasteiger charge is 2.27. The number of para-hydroxylation sites is 1. The van der Waals surface area contributed by atoms with E-state index >= 15 is 0 Å². The van der Waals surface area contributed by atoms with Crippen LogP contribution in [-0.4, -0.2) is 36.3 Å². The summed E-state index contributed by atoms with van der Waals surface area (Å²) in [7, 11) is 0. The first-order valence-corrected chi connectivity index (χ1v) is 9.60. The van der Waals surface area contributed by atoms with Gasteiger partial charge in [-0.05, 0) is 49.7 Å². The Hall–Kier alpha value is -2.08. The van der Waals surface area contributed by atoms with Gasteiger partial charge >= 0.3 is 0 Å². The molecule has 2 N–H and O–H groups in total. The second kappa shape index (κ2) is 9.22. The molecule has 1 aliphatic heterocycles. The minimum absolute atomic E-state index is 0.0100. The Morgan fingerprint density at radius 3 is 2.63 bits per heavy atom. The van der Waals surface area contributed by atoms with Crippen LogP contribution >= 0.6 is 23.2 Å². The summed E-state index contributed by atoms with van der Waals surface area (Å²) in [6.45, 7) is 1.54. The molecule has 0 radical (unpaired) electrons. The van der Waals surface area contributed by atoms with Gasteiger partial charge in [0.2, 0.25) is 11.8 Å². The van der Waals surface area contributed by atoms with Crippen molar-refractivity contribution in [3.05, 3.63) is 58.6 Å². The number of amides is 2. The number of nitrogens with one attached hydrogen (secondary N) is 2. The smallest absolute Gasteiger partial charge is 0.238 e. The molecular weight excluding hydrogens is 385 g/mol. The lowest BCUT2D eigenvalue weighted by Gasteiger charge is -2.31. The topological polar surface area (TPSA) is 61.4 Å². The van der Waals surface area contributed by atoms with E-state index in [-0.39, 0.29) is 24.3 Å². The predicted octanol–water partition coefficient (Wildman–Crippen LogP) is 4.28. The van der Waals surface area contributed by atoms with Crippen LogP contribution in [0.3, 0.4) is 0 Å². The number of halogens is 2. The third-order valence-corrected chi connectivity index (χ3v) is 5.05. The number of piperidine rings is 1. The molecule has 0 aliphatic carbocycles. The summed E-state index contributed by atoms with van der Waals surface area (Å²) in [5.41, 5.74) is 1.28. The molecule has 2 amide bonds. The normalized spacial score (nSPS) is 17.3. The van der Waals surface area contributed by atoms with Gasteiger partial charge in [0.15, 0.2) is 0 Å². The number of hydrogen-bond donors (Lipinski definition) is 2. The van der Waals surface area contributed by atoms with Crippen LogP contribution in [0.25, 0.3) is 0 Å². The number of carbonyl (C=O) groups is 2. The lowest BCUT2D eigenvalue weighted by Crippen LogP contribution is -2.44. The van der Waals surface area contributed by atoms with Gasteiger partial charge in [-0.25, -0.2) is 0 Å². The first-order valence-electron chi connectivity index (χ1n) is 8.84. The van der Waals surface area contributed by atoms with Gasteiger partial charge in [-0.1, -0.05) is 41.4 Å². The molecule has 0 bridgehead atoms. The van der Waals surface area contributed by atoms with E-state index in [0.717, 1.165) is 25.1 Å². The second-order valence-electron chi connectivity index (χ2n) is 6.60. The number of anilines is 2. The van der Waals surface area contributed by atoms with Crippen LogP contribution in [0, 0.1) is 5.92 Å². The van der Waals surface area contributed by atoms with E-state index in [0.29, 0.717) is 22.3 Å². The van der Waals surface area contributed by atoms with Crippen molar-refractivity contribution in [2.45, 2.75) is 12.8 Å². The highest BCUT2D eigenvalue weighted by atomic mass is 35.5. The average molecular weight is 406 g/mol. The molecule has 0 saturated carbocycles. The summed E-state index contributed by atoms with van der Waals surface area (Å²) in [6.07, 6.45) is 1.69. The zero-order chi connectivity index (χ0) is 19.2. The molecule has 1 aliphatic rings. The van der Waals surface area contributed by atoms with Crippen LogP contribution in [-0.2, 0) is 9.59 Å². The first kappa shape index (κ1) is 19.7. The van der Waals surface area contributed by atoms with Crippen molar-refractivity contribution in [1.29, 1.82) is 0 Å². The summed E-state index contributed by atoms with van der Waals surface area (Å²) >= 11 is 12.0. The zero-order valence-corrected chi connectivity index (χ0v) is 16.3. The van der Waals surface area contributed by atoms with Gasteiger partial charge in [0.25, 0.3) is 0 Å². The van der Waals surface area contributed by atoms with Crippen LogP contribution < -0.4 is 10.6 Å². The molecule has 3 rings (SSSR count). The van der Waals surface area contributed by atoms with Crippen LogP contribution in [0.2, 0.25) is 10.0 Å². The number of carbonyl (C=O) groups excluding carboxylic acids is 2. The predicted molar refractivity (Wildman–Crippen MR) is 109 cm³/mol. The molecule has 1 fully saturated rings. The molecule has 1 atom stereocenters. The average Bonchev–Trinajstić information content (AvgIpc) is 2.65. The van der Waals surface area contributed by atoms with Gasteiger partial charge in [-0.3, -0.25) is 14.5 Å². The Morgan fingerprint density at radius 1 is 1.07 bits per heavy atom. The fourth-order valence-corrected chi connectivity index (χ4v) is 3.50. The summed E-state index contributed by atoms with van der Waals surface area (Å²) in [5, 5.41) is 6.67. The highest BCUT2D eigenvalue weighted by Crippen LogP contribution is 2.25. The van der Waals surface area contributed by atoms with E-state index in [1.807, 2.05) is 35.2 Å². The third-order valence-electron chi connectivity index (χ3n) is 4.49. The SMILES string of the molecule is O=C(CN1CCC[C@H](C(=O)Nc2ccccc2)C1)Nc1cc(Cl)ccc1Cl. The summed E-state index contributed by atoms with van der Waals surface area (Å²) in [6, 6.07) is 14.3. The Morgan fingerprint density at radius 2 is 1.85 bits per heavy atom. The molecule has 0 spiro atoms. The summed E-state index contributed by atoms with van der Waals surface area (Å²) < 4.78 is 0. The lowest BCUT2D eigenvalue weighted by molar-refractivity contribution is -0.123. The van der Waals surface area contributed by atoms with Gasteiger partial charge in [-0.15, -0.1) is 0 Å². The maximum absolute atomic E-state index is 12.5. The second-order valence-corrected chi connectivity index (χ2v) is 7.45. The van der Waals surface area contributed by atoms with Crippen molar-refractivity contribution in [3.8, 4) is 0 Å². The number of rotatable bonds is 5. The minimum atomic E-state index is -0.178. The Balaban J connectivity index is 1.54. The van der Waals surface area contributed by atoms with Gasteiger partial charge in [0, 0.05) is 17.3 Å². The molecule has 1 saturated heterocycles. The monoisotopic (exact) mass is 405 g/mol. The Kier molecular flexibility index (Phi) is 6.72. The van der Waals surface area contributed by atoms with Crippen LogP contribution in [0.5, 0.6) is 0 Å². The Labute approximate surface area is 168 Å². The van der Waals surface area contributed by atoms with Crippen molar-refractivity contribution >= 4 is 46.4 Å². The van der Waals surface area contributed by atoms with Crippen LogP contribution in [0.15, 0.2) is 48.5 Å². The summed E-state index contributed by atoms with van der Waals surface area (Å²) in [4.78, 5) is 26.9. The molecule has 0 unspecified atom stereocenters. The molecule has 1 heterocycles. The quantitative estimate of drug-likeness (QED) is 0.779. The molecule has 142 valence electrons. The van der Waals surface area contributed by atoms with Crippen molar-refractivity contribution in [1.82, 2.24) is 4.90 Å². The molecule has 2 aromatic rings. The number of nitrogens with zero attached hydrogens (tertiary/aromatic N) is 1. The van der Waals surface area contributed by atoms with Crippen molar-refractivity contribution in [3.63, 3.8) is 0 Å². The van der Waals surface area contributed by atoms with E-state index in [2.05, 4.69) is 10.6 Å². The number of likely N-dealkylation sites (tertiary alicyclic amines) is 1. The molecule has 7 heteroatoms. The number of hydrogen-bond acceptors (Lipinski definition) is 3. The molecule has 27 heavy (non-hydrogen) atoms. The largest absolute Gasteiger partial charge is 0.326 e. The lowest BCUT2D eigenvalue weighted by atomic mass is 9.97. The maximum Gasteiger partial charge on any atom is 0.238 e.